The molecule has 0 aromatic heterocycles. The topological polar surface area (TPSA) is 32.3 Å². The third kappa shape index (κ3) is 2.63. The van der Waals surface area contributed by atoms with Gasteiger partial charge in [0.05, 0.1) is 6.04 Å². The lowest BCUT2D eigenvalue weighted by atomic mass is 9.69. The zero-order chi connectivity index (χ0) is 15.1. The zero-order valence-corrected chi connectivity index (χ0v) is 14.6. The van der Waals surface area contributed by atoms with Crippen LogP contribution in [0.25, 0.3) is 0 Å². The van der Waals surface area contributed by atoms with E-state index < -0.39 is 0 Å². The summed E-state index contributed by atoms with van der Waals surface area (Å²) in [7, 11) is 0. The second kappa shape index (κ2) is 5.77. The Morgan fingerprint density at radius 2 is 1.90 bits per heavy atom. The number of nitrogens with zero attached hydrogens (tertiary/aromatic N) is 1. The Morgan fingerprint density at radius 3 is 2.43 bits per heavy atom. The molecule has 4 heteroatoms. The smallest absolute Gasteiger partial charge is 0.237 e. The van der Waals surface area contributed by atoms with Gasteiger partial charge in [0.15, 0.2) is 0 Å². The van der Waals surface area contributed by atoms with Crippen molar-refractivity contribution in [3.63, 3.8) is 0 Å². The van der Waals surface area contributed by atoms with Crippen molar-refractivity contribution in [3.05, 3.63) is 0 Å². The summed E-state index contributed by atoms with van der Waals surface area (Å²) in [5.74, 6) is 3.44. The number of carbonyl (C=O) groups excluding carboxylic acids is 1. The molecule has 0 aromatic rings. The number of nitrogens with one attached hydrogen (secondary N) is 1. The fourth-order valence-corrected chi connectivity index (χ4v) is 5.84. The molecule has 3 rings (SSSR count). The molecular weight excluding hydrogens is 280 g/mol. The Morgan fingerprint density at radius 1 is 1.29 bits per heavy atom. The average Bonchev–Trinajstić information content (AvgIpc) is 2.90. The van der Waals surface area contributed by atoms with E-state index in [0.29, 0.717) is 10.8 Å². The minimum atomic E-state index is 0.0315. The van der Waals surface area contributed by atoms with E-state index >= 15 is 0 Å². The van der Waals surface area contributed by atoms with Crippen LogP contribution in [-0.2, 0) is 4.79 Å². The fraction of sp³-hybridized carbons (Fsp3) is 0.941. The molecule has 1 heterocycles. The van der Waals surface area contributed by atoms with Gasteiger partial charge in [-0.15, -0.1) is 0 Å². The largest absolute Gasteiger partial charge is 0.354 e. The number of fused-ring (bicyclic) bond motifs is 2. The second-order valence-corrected chi connectivity index (χ2v) is 9.04. The van der Waals surface area contributed by atoms with Gasteiger partial charge in [-0.1, -0.05) is 13.8 Å². The minimum Gasteiger partial charge on any atom is -0.354 e. The van der Waals surface area contributed by atoms with Crippen LogP contribution >= 0.6 is 11.8 Å². The van der Waals surface area contributed by atoms with Gasteiger partial charge in [-0.2, -0.15) is 11.8 Å². The first-order valence-electron chi connectivity index (χ1n) is 8.56. The van der Waals surface area contributed by atoms with Crippen LogP contribution < -0.4 is 5.32 Å². The fourth-order valence-electron chi connectivity index (χ4n) is 4.91. The van der Waals surface area contributed by atoms with E-state index in [9.17, 15) is 4.79 Å². The van der Waals surface area contributed by atoms with Crippen molar-refractivity contribution in [2.24, 2.45) is 16.7 Å². The van der Waals surface area contributed by atoms with E-state index in [2.05, 4.69) is 31.0 Å². The van der Waals surface area contributed by atoms with Crippen molar-refractivity contribution in [1.29, 1.82) is 0 Å². The molecule has 1 amide bonds. The summed E-state index contributed by atoms with van der Waals surface area (Å²) in [5, 5.41) is 3.31. The highest BCUT2D eigenvalue weighted by molar-refractivity contribution is 7.99. The van der Waals surface area contributed by atoms with Crippen LogP contribution in [0.4, 0.5) is 0 Å². The SMILES string of the molecule is CC(C(=O)NCC12CCC(CC1)C2(C)C)N1CCSCC1. The quantitative estimate of drug-likeness (QED) is 0.866. The minimum absolute atomic E-state index is 0.0315. The summed E-state index contributed by atoms with van der Waals surface area (Å²) in [5.41, 5.74) is 0.774. The van der Waals surface area contributed by atoms with E-state index in [1.54, 1.807) is 0 Å². The molecule has 0 spiro atoms. The van der Waals surface area contributed by atoms with Gasteiger partial charge in [-0.3, -0.25) is 9.69 Å². The molecule has 3 fully saturated rings. The van der Waals surface area contributed by atoms with Crippen molar-refractivity contribution in [2.45, 2.75) is 52.5 Å². The van der Waals surface area contributed by atoms with E-state index in [1.165, 1.54) is 25.7 Å². The molecule has 2 saturated carbocycles. The van der Waals surface area contributed by atoms with Gasteiger partial charge in [-0.05, 0) is 49.4 Å². The van der Waals surface area contributed by atoms with Crippen molar-refractivity contribution < 1.29 is 4.79 Å². The lowest BCUT2D eigenvalue weighted by Crippen LogP contribution is -2.51. The molecule has 1 unspecified atom stereocenters. The number of hydrogen-bond donors (Lipinski definition) is 1. The van der Waals surface area contributed by atoms with Crippen LogP contribution in [0.3, 0.4) is 0 Å². The first-order chi connectivity index (χ1) is 9.96. The molecule has 1 atom stereocenters. The summed E-state index contributed by atoms with van der Waals surface area (Å²) in [6, 6.07) is 0.0315. The third-order valence-corrected chi connectivity index (χ3v) is 7.85. The lowest BCUT2D eigenvalue weighted by molar-refractivity contribution is -0.126. The van der Waals surface area contributed by atoms with Gasteiger partial charge >= 0.3 is 0 Å². The molecule has 120 valence electrons. The predicted octanol–water partition coefficient (Wildman–Crippen LogP) is 2.76. The standard InChI is InChI=1S/C17H30N2OS/c1-13(19-8-10-21-11-9-19)15(20)18-12-17-6-4-14(5-7-17)16(17,2)3/h13-14H,4-12H2,1-3H3,(H,18,20). The van der Waals surface area contributed by atoms with Gasteiger partial charge in [0.25, 0.3) is 0 Å². The summed E-state index contributed by atoms with van der Waals surface area (Å²) < 4.78 is 0. The summed E-state index contributed by atoms with van der Waals surface area (Å²) in [6.07, 6.45) is 5.34. The van der Waals surface area contributed by atoms with Crippen molar-refractivity contribution in [3.8, 4) is 0 Å². The Kier molecular flexibility index (Phi) is 4.30. The number of carbonyl (C=O) groups is 1. The lowest BCUT2D eigenvalue weighted by Gasteiger charge is -2.39. The normalized spacial score (nSPS) is 36.6. The van der Waals surface area contributed by atoms with Gasteiger partial charge in [0, 0.05) is 31.1 Å². The van der Waals surface area contributed by atoms with Crippen molar-refractivity contribution >= 4 is 17.7 Å². The molecule has 1 N–H and O–H groups in total. The molecule has 21 heavy (non-hydrogen) atoms. The number of amides is 1. The van der Waals surface area contributed by atoms with Crippen molar-refractivity contribution in [1.82, 2.24) is 10.2 Å². The average molecular weight is 311 g/mol. The highest BCUT2D eigenvalue weighted by Gasteiger charge is 2.58. The van der Waals surface area contributed by atoms with E-state index in [1.807, 2.05) is 11.8 Å². The molecule has 3 aliphatic rings. The number of thioether (sulfide) groups is 1. The van der Waals surface area contributed by atoms with Gasteiger partial charge in [0.1, 0.15) is 0 Å². The Labute approximate surface area is 133 Å². The first-order valence-corrected chi connectivity index (χ1v) is 9.71. The molecular formula is C17H30N2OS. The summed E-state index contributed by atoms with van der Waals surface area (Å²) >= 11 is 2.00. The van der Waals surface area contributed by atoms with E-state index in [-0.39, 0.29) is 11.9 Å². The van der Waals surface area contributed by atoms with E-state index in [4.69, 9.17) is 0 Å². The Bertz CT molecular complexity index is 396. The maximum absolute atomic E-state index is 12.5. The Balaban J connectivity index is 1.56. The molecule has 0 radical (unpaired) electrons. The van der Waals surface area contributed by atoms with Gasteiger partial charge in [0.2, 0.25) is 5.91 Å². The highest BCUT2D eigenvalue weighted by Crippen LogP contribution is 2.65. The molecule has 2 bridgehead atoms. The summed E-state index contributed by atoms with van der Waals surface area (Å²) in [6.45, 7) is 9.92. The maximum atomic E-state index is 12.5. The van der Waals surface area contributed by atoms with Crippen molar-refractivity contribution in [2.75, 3.05) is 31.1 Å². The number of hydrogen-bond acceptors (Lipinski definition) is 3. The van der Waals surface area contributed by atoms with Crippen LogP contribution in [0.2, 0.25) is 0 Å². The molecule has 2 aliphatic carbocycles. The van der Waals surface area contributed by atoms with Crippen LogP contribution in [-0.4, -0.2) is 48.0 Å². The van der Waals surface area contributed by atoms with Crippen LogP contribution in [0.15, 0.2) is 0 Å². The van der Waals surface area contributed by atoms with Crippen LogP contribution in [0, 0.1) is 16.7 Å². The zero-order valence-electron chi connectivity index (χ0n) is 13.8. The monoisotopic (exact) mass is 310 g/mol. The molecule has 1 saturated heterocycles. The number of rotatable bonds is 4. The van der Waals surface area contributed by atoms with Gasteiger partial charge in [-0.25, -0.2) is 0 Å². The second-order valence-electron chi connectivity index (χ2n) is 7.82. The summed E-state index contributed by atoms with van der Waals surface area (Å²) in [4.78, 5) is 14.9. The third-order valence-electron chi connectivity index (χ3n) is 6.90. The van der Waals surface area contributed by atoms with Gasteiger partial charge < -0.3 is 5.32 Å². The predicted molar refractivity (Wildman–Crippen MR) is 89.5 cm³/mol. The maximum Gasteiger partial charge on any atom is 0.237 e. The first kappa shape index (κ1) is 15.7. The van der Waals surface area contributed by atoms with E-state index in [0.717, 1.165) is 37.1 Å². The van der Waals surface area contributed by atoms with Crippen LogP contribution in [0.5, 0.6) is 0 Å². The highest BCUT2D eigenvalue weighted by atomic mass is 32.2. The molecule has 0 aromatic carbocycles. The molecule has 1 aliphatic heterocycles. The molecule has 3 nitrogen and oxygen atoms in total. The Hall–Kier alpha value is -0.220. The van der Waals surface area contributed by atoms with Crippen LogP contribution in [0.1, 0.15) is 46.5 Å².